The highest BCUT2D eigenvalue weighted by Crippen LogP contribution is 2.24. The van der Waals surface area contributed by atoms with E-state index < -0.39 is 11.8 Å². The molecule has 0 amide bonds. The third kappa shape index (κ3) is 2.25. The first kappa shape index (κ1) is 12.3. The van der Waals surface area contributed by atoms with Crippen LogP contribution in [-0.4, -0.2) is 16.1 Å². The zero-order chi connectivity index (χ0) is 13.3. The molecular weight excluding hydrogens is 237 g/mol. The summed E-state index contributed by atoms with van der Waals surface area (Å²) in [6, 6.07) is 4.34. The van der Waals surface area contributed by atoms with Crippen LogP contribution in [-0.2, 0) is 6.42 Å². The molecule has 0 aliphatic carbocycles. The van der Waals surface area contributed by atoms with Gasteiger partial charge in [-0.2, -0.15) is 0 Å². The predicted octanol–water partition coefficient (Wildman–Crippen LogP) is 3.05. The Kier molecular flexibility index (Phi) is 3.14. The molecule has 0 unspecified atom stereocenters. The number of carboxylic acid groups (broad SMARTS) is 1. The molecule has 5 heteroatoms. The molecule has 1 heterocycles. The minimum atomic E-state index is -1.17. The lowest BCUT2D eigenvalue weighted by Gasteiger charge is -1.98. The number of hydrogen-bond acceptors (Lipinski definition) is 3. The summed E-state index contributed by atoms with van der Waals surface area (Å²) in [5.74, 6) is -1.63. The first-order valence-electron chi connectivity index (χ1n) is 5.51. The molecule has 0 bridgehead atoms. The van der Waals surface area contributed by atoms with Gasteiger partial charge in [0.1, 0.15) is 5.82 Å². The molecule has 0 fully saturated rings. The lowest BCUT2D eigenvalue weighted by Crippen LogP contribution is -1.98. The summed E-state index contributed by atoms with van der Waals surface area (Å²) in [4.78, 5) is 15.0. The summed E-state index contributed by atoms with van der Waals surface area (Å²) in [6.45, 7) is 3.53. The van der Waals surface area contributed by atoms with Crippen molar-refractivity contribution in [2.24, 2.45) is 0 Å². The minimum absolute atomic E-state index is 0.131. The van der Waals surface area contributed by atoms with Crippen LogP contribution < -0.4 is 0 Å². The van der Waals surface area contributed by atoms with E-state index in [-0.39, 0.29) is 11.7 Å². The summed E-state index contributed by atoms with van der Waals surface area (Å²) in [7, 11) is 0. The molecule has 94 valence electrons. The largest absolute Gasteiger partial charge is 0.475 e. The van der Waals surface area contributed by atoms with Crippen LogP contribution in [0.2, 0.25) is 0 Å². The van der Waals surface area contributed by atoms with Crippen LogP contribution in [0.25, 0.3) is 11.5 Å². The van der Waals surface area contributed by atoms with Gasteiger partial charge in [0.2, 0.25) is 11.7 Å². The van der Waals surface area contributed by atoms with Crippen molar-refractivity contribution in [3.63, 3.8) is 0 Å². The number of benzene rings is 1. The molecule has 1 aromatic carbocycles. The van der Waals surface area contributed by atoms with Gasteiger partial charge in [-0.25, -0.2) is 14.2 Å². The fourth-order valence-electron chi connectivity index (χ4n) is 1.74. The summed E-state index contributed by atoms with van der Waals surface area (Å²) in [6.07, 6.45) is 0.444. The number of rotatable bonds is 3. The molecule has 0 saturated heterocycles. The summed E-state index contributed by atoms with van der Waals surface area (Å²) in [5.41, 5.74) is 1.52. The van der Waals surface area contributed by atoms with Crippen LogP contribution in [0.3, 0.4) is 0 Å². The first-order chi connectivity index (χ1) is 8.51. The molecule has 1 aromatic heterocycles. The van der Waals surface area contributed by atoms with Crippen LogP contribution >= 0.6 is 0 Å². The lowest BCUT2D eigenvalue weighted by molar-refractivity contribution is 0.0662. The Labute approximate surface area is 103 Å². The number of aromatic nitrogens is 1. The van der Waals surface area contributed by atoms with Crippen LogP contribution in [0, 0.1) is 12.7 Å². The number of oxazole rings is 1. The standard InChI is InChI=1S/C13H12FNO3/c1-3-10-11(13(16)17)18-12(15-10)8-4-7(2)5-9(14)6-8/h4-6H,3H2,1-2H3,(H,16,17). The van der Waals surface area contributed by atoms with Crippen molar-refractivity contribution in [1.82, 2.24) is 4.98 Å². The van der Waals surface area contributed by atoms with Crippen molar-refractivity contribution in [1.29, 1.82) is 0 Å². The van der Waals surface area contributed by atoms with Crippen molar-refractivity contribution in [3.8, 4) is 11.5 Å². The van der Waals surface area contributed by atoms with E-state index in [1.165, 1.54) is 12.1 Å². The lowest BCUT2D eigenvalue weighted by atomic mass is 10.1. The second kappa shape index (κ2) is 4.60. The molecule has 2 rings (SSSR count). The fourth-order valence-corrected chi connectivity index (χ4v) is 1.74. The number of aromatic carboxylic acids is 1. The van der Waals surface area contributed by atoms with Gasteiger partial charge in [0.15, 0.2) is 0 Å². The van der Waals surface area contributed by atoms with Gasteiger partial charge in [0, 0.05) is 5.56 Å². The van der Waals surface area contributed by atoms with E-state index in [0.29, 0.717) is 17.7 Å². The van der Waals surface area contributed by atoms with E-state index in [9.17, 15) is 9.18 Å². The van der Waals surface area contributed by atoms with Crippen molar-refractivity contribution in [3.05, 3.63) is 41.0 Å². The molecule has 18 heavy (non-hydrogen) atoms. The molecule has 0 saturated carbocycles. The van der Waals surface area contributed by atoms with Crippen LogP contribution in [0.1, 0.15) is 28.7 Å². The van der Waals surface area contributed by atoms with Crippen molar-refractivity contribution in [2.45, 2.75) is 20.3 Å². The highest BCUT2D eigenvalue weighted by Gasteiger charge is 2.19. The molecule has 2 aromatic rings. The second-order valence-corrected chi connectivity index (χ2v) is 3.97. The van der Waals surface area contributed by atoms with Crippen LogP contribution in [0.5, 0.6) is 0 Å². The average molecular weight is 249 g/mol. The van der Waals surface area contributed by atoms with Crippen molar-refractivity contribution in [2.75, 3.05) is 0 Å². The SMILES string of the molecule is CCc1nc(-c2cc(C)cc(F)c2)oc1C(=O)O. The van der Waals surface area contributed by atoms with Crippen molar-refractivity contribution < 1.29 is 18.7 Å². The number of nitrogens with zero attached hydrogens (tertiary/aromatic N) is 1. The van der Waals surface area contributed by atoms with Crippen molar-refractivity contribution >= 4 is 5.97 Å². The summed E-state index contributed by atoms with van der Waals surface area (Å²) in [5, 5.41) is 8.96. The van der Waals surface area contributed by atoms with Gasteiger partial charge >= 0.3 is 5.97 Å². The number of carbonyl (C=O) groups is 1. The van der Waals surface area contributed by atoms with E-state index in [0.717, 1.165) is 5.56 Å². The average Bonchev–Trinajstić information content (AvgIpc) is 2.71. The summed E-state index contributed by atoms with van der Waals surface area (Å²) >= 11 is 0. The number of carboxylic acids is 1. The normalized spacial score (nSPS) is 10.6. The maximum Gasteiger partial charge on any atom is 0.373 e. The van der Waals surface area contributed by atoms with E-state index in [2.05, 4.69) is 4.98 Å². The van der Waals surface area contributed by atoms with Gasteiger partial charge in [-0.3, -0.25) is 0 Å². The quantitative estimate of drug-likeness (QED) is 0.908. The van der Waals surface area contributed by atoms with E-state index in [4.69, 9.17) is 9.52 Å². The zero-order valence-corrected chi connectivity index (χ0v) is 10.0. The van der Waals surface area contributed by atoms with Crippen LogP contribution in [0.15, 0.2) is 22.6 Å². The van der Waals surface area contributed by atoms with Gasteiger partial charge < -0.3 is 9.52 Å². The third-order valence-electron chi connectivity index (χ3n) is 2.52. The Morgan fingerprint density at radius 2 is 2.17 bits per heavy atom. The molecule has 0 spiro atoms. The molecule has 1 N–H and O–H groups in total. The number of hydrogen-bond donors (Lipinski definition) is 1. The number of aryl methyl sites for hydroxylation is 2. The van der Waals surface area contributed by atoms with Crippen LogP contribution in [0.4, 0.5) is 4.39 Å². The third-order valence-corrected chi connectivity index (χ3v) is 2.52. The van der Waals surface area contributed by atoms with Gasteiger partial charge in [-0.1, -0.05) is 6.92 Å². The summed E-state index contributed by atoms with van der Waals surface area (Å²) < 4.78 is 18.5. The molecule has 0 aliphatic heterocycles. The smallest absolute Gasteiger partial charge is 0.373 e. The Balaban J connectivity index is 2.54. The predicted molar refractivity (Wildman–Crippen MR) is 63.0 cm³/mol. The Bertz CT molecular complexity index is 584. The molecule has 4 nitrogen and oxygen atoms in total. The van der Waals surface area contributed by atoms with Gasteiger partial charge in [-0.15, -0.1) is 0 Å². The zero-order valence-electron chi connectivity index (χ0n) is 10.0. The van der Waals surface area contributed by atoms with Gasteiger partial charge in [-0.05, 0) is 37.1 Å². The highest BCUT2D eigenvalue weighted by atomic mass is 19.1. The minimum Gasteiger partial charge on any atom is -0.475 e. The molecule has 0 atom stereocenters. The van der Waals surface area contributed by atoms with E-state index >= 15 is 0 Å². The second-order valence-electron chi connectivity index (χ2n) is 3.97. The maximum atomic E-state index is 13.3. The van der Waals surface area contributed by atoms with Gasteiger partial charge in [0.25, 0.3) is 0 Å². The fraction of sp³-hybridized carbons (Fsp3) is 0.231. The van der Waals surface area contributed by atoms with E-state index in [1.54, 1.807) is 19.9 Å². The topological polar surface area (TPSA) is 63.3 Å². The number of halogens is 1. The Hall–Kier alpha value is -2.17. The van der Waals surface area contributed by atoms with Gasteiger partial charge in [0.05, 0.1) is 5.69 Å². The highest BCUT2D eigenvalue weighted by molar-refractivity contribution is 5.86. The Morgan fingerprint density at radius 3 is 2.67 bits per heavy atom. The molecule has 0 radical (unpaired) electrons. The molecule has 0 aliphatic rings. The first-order valence-corrected chi connectivity index (χ1v) is 5.51. The molecular formula is C13H12FNO3. The maximum absolute atomic E-state index is 13.3. The Morgan fingerprint density at radius 1 is 1.44 bits per heavy atom. The van der Waals surface area contributed by atoms with E-state index in [1.807, 2.05) is 0 Å². The monoisotopic (exact) mass is 249 g/mol.